The molecule has 0 amide bonds. The van der Waals surface area contributed by atoms with Crippen molar-refractivity contribution in [3.8, 4) is 0 Å². The van der Waals surface area contributed by atoms with E-state index in [0.717, 1.165) is 0 Å². The van der Waals surface area contributed by atoms with E-state index in [2.05, 4.69) is 14.7 Å². The van der Waals surface area contributed by atoms with Crippen molar-refractivity contribution in [1.29, 1.82) is 0 Å². The zero-order valence-corrected chi connectivity index (χ0v) is 11.1. The van der Waals surface area contributed by atoms with Crippen LogP contribution in [0.3, 0.4) is 0 Å². The molecule has 0 aliphatic carbocycles. The molecule has 19 heavy (non-hydrogen) atoms. The molecule has 0 spiro atoms. The summed E-state index contributed by atoms with van der Waals surface area (Å²) in [6.45, 7) is 7.23. The molecule has 1 aliphatic rings. The van der Waals surface area contributed by atoms with Crippen LogP contribution in [0.25, 0.3) is 0 Å². The second-order valence-corrected chi connectivity index (χ2v) is 5.16. The lowest BCUT2D eigenvalue weighted by Crippen LogP contribution is -2.41. The van der Waals surface area contributed by atoms with Crippen molar-refractivity contribution in [3.05, 3.63) is 18.2 Å². The van der Waals surface area contributed by atoms with Gasteiger partial charge < -0.3 is 14.0 Å². The maximum atomic E-state index is 11.7. The summed E-state index contributed by atoms with van der Waals surface area (Å²) in [7, 11) is -4.00. The van der Waals surface area contributed by atoms with E-state index in [9.17, 15) is 4.79 Å². The normalized spacial score (nSPS) is 24.8. The Kier molecular flexibility index (Phi) is 2.08. The second-order valence-electron chi connectivity index (χ2n) is 5.16. The first-order valence-corrected chi connectivity index (χ1v) is 5.68. The summed E-state index contributed by atoms with van der Waals surface area (Å²) >= 11 is 0. The monoisotopic (exact) mass is 269 g/mol. The van der Waals surface area contributed by atoms with E-state index in [1.165, 1.54) is 0 Å². The highest BCUT2D eigenvalue weighted by Crippen LogP contribution is 2.36. The molecule has 0 N–H and O–H groups in total. The Hall–Kier alpha value is -1.47. The molecule has 0 saturated carbocycles. The Bertz CT molecular complexity index is 641. The first-order chi connectivity index (χ1) is 10.7. The minimum Gasteiger partial charge on any atom is -0.463 e. The lowest BCUT2D eigenvalue weighted by Gasteiger charge is -2.32. The third kappa shape index (κ3) is 2.48. The predicted molar refractivity (Wildman–Crippen MR) is 69.1 cm³/mol. The summed E-state index contributed by atoms with van der Waals surface area (Å²) < 4.78 is 52.2. The van der Waals surface area contributed by atoms with Crippen LogP contribution < -0.4 is 5.46 Å². The molecule has 2 heterocycles. The van der Waals surface area contributed by atoms with Crippen LogP contribution in [0.5, 0.6) is 0 Å². The number of ether oxygens (including phenoxy) is 1. The second kappa shape index (κ2) is 4.57. The lowest BCUT2D eigenvalue weighted by atomic mass is 9.81. The average molecular weight is 269 g/mol. The summed E-state index contributed by atoms with van der Waals surface area (Å²) in [5.74, 6) is -2.01. The standard InChI is InChI=1S/C12H17BN2O4/c1-11(2)12(3,4)19-13(18-11)8-6-14-9(15-7-8)10(16)17-5/h6-7H,1-5H3/i5D3,6D,7D. The van der Waals surface area contributed by atoms with Crippen LogP contribution in [0.2, 0.25) is 0 Å². The molecule has 1 fully saturated rings. The van der Waals surface area contributed by atoms with E-state index in [0.29, 0.717) is 0 Å². The highest BCUT2D eigenvalue weighted by molar-refractivity contribution is 6.61. The summed E-state index contributed by atoms with van der Waals surface area (Å²) in [6.07, 6.45) is -0.933. The molecule has 0 atom stereocenters. The van der Waals surface area contributed by atoms with Gasteiger partial charge in [-0.05, 0) is 27.7 Å². The molecule has 0 radical (unpaired) electrons. The fourth-order valence-corrected chi connectivity index (χ4v) is 1.48. The Morgan fingerprint density at radius 3 is 2.32 bits per heavy atom. The maximum absolute atomic E-state index is 11.7. The van der Waals surface area contributed by atoms with Gasteiger partial charge in [0.15, 0.2) is 0 Å². The van der Waals surface area contributed by atoms with Crippen LogP contribution in [0.1, 0.15) is 45.2 Å². The van der Waals surface area contributed by atoms with E-state index in [4.69, 9.17) is 16.2 Å². The number of carbonyl (C=O) groups excluding carboxylic acids is 1. The Balaban J connectivity index is 2.34. The Labute approximate surface area is 119 Å². The average Bonchev–Trinajstić information content (AvgIpc) is 2.54. The van der Waals surface area contributed by atoms with Crippen molar-refractivity contribution >= 4 is 18.6 Å². The highest BCUT2D eigenvalue weighted by atomic mass is 16.7. The van der Waals surface area contributed by atoms with Gasteiger partial charge in [0.25, 0.3) is 0 Å². The molecule has 2 rings (SSSR count). The quantitative estimate of drug-likeness (QED) is 0.577. The van der Waals surface area contributed by atoms with Gasteiger partial charge in [0.2, 0.25) is 5.82 Å². The molecular weight excluding hydrogens is 247 g/mol. The topological polar surface area (TPSA) is 70.5 Å². The van der Waals surface area contributed by atoms with E-state index < -0.39 is 49.5 Å². The van der Waals surface area contributed by atoms with Crippen molar-refractivity contribution in [2.24, 2.45) is 0 Å². The first kappa shape index (κ1) is 8.66. The van der Waals surface area contributed by atoms with Gasteiger partial charge in [-0.1, -0.05) is 0 Å². The largest absolute Gasteiger partial charge is 0.498 e. The molecule has 1 aliphatic heterocycles. The number of rotatable bonds is 2. The summed E-state index contributed by atoms with van der Waals surface area (Å²) in [5, 5.41) is 0. The lowest BCUT2D eigenvalue weighted by molar-refractivity contribution is 0.00578. The fraction of sp³-hybridized carbons (Fsp3) is 0.583. The maximum Gasteiger partial charge on any atom is 0.498 e. The molecule has 1 saturated heterocycles. The number of carbonyl (C=O) groups is 1. The highest BCUT2D eigenvalue weighted by Gasteiger charge is 2.51. The van der Waals surface area contributed by atoms with E-state index in [-0.39, 0.29) is 5.46 Å². The zero-order valence-electron chi connectivity index (χ0n) is 16.1. The number of aromatic nitrogens is 2. The van der Waals surface area contributed by atoms with Crippen LogP contribution in [0.15, 0.2) is 12.3 Å². The minimum absolute atomic E-state index is 0.0425. The van der Waals surface area contributed by atoms with Crippen LogP contribution in [-0.2, 0) is 14.0 Å². The summed E-state index contributed by atoms with van der Waals surface area (Å²) in [5.41, 5.74) is -1.41. The summed E-state index contributed by atoms with van der Waals surface area (Å²) in [4.78, 5) is 18.9. The van der Waals surface area contributed by atoms with E-state index >= 15 is 0 Å². The Morgan fingerprint density at radius 2 is 1.84 bits per heavy atom. The molecule has 102 valence electrons. The molecule has 0 unspecified atom stereocenters. The van der Waals surface area contributed by atoms with Crippen molar-refractivity contribution in [2.75, 3.05) is 7.04 Å². The van der Waals surface area contributed by atoms with E-state index in [1.807, 2.05) is 27.7 Å². The van der Waals surface area contributed by atoms with Crippen LogP contribution in [-0.4, -0.2) is 41.3 Å². The number of esters is 1. The van der Waals surface area contributed by atoms with Gasteiger partial charge in [0.1, 0.15) is 0 Å². The fourth-order valence-electron chi connectivity index (χ4n) is 1.48. The van der Waals surface area contributed by atoms with Crippen LogP contribution >= 0.6 is 0 Å². The molecule has 1 aromatic heterocycles. The molecule has 7 heteroatoms. The van der Waals surface area contributed by atoms with Crippen LogP contribution in [0, 0.1) is 0 Å². The first-order valence-electron chi connectivity index (χ1n) is 8.18. The van der Waals surface area contributed by atoms with Crippen molar-refractivity contribution in [2.45, 2.75) is 38.9 Å². The molecule has 1 aromatic rings. The smallest absolute Gasteiger partial charge is 0.463 e. The van der Waals surface area contributed by atoms with Gasteiger partial charge in [-0.15, -0.1) is 0 Å². The Morgan fingerprint density at radius 1 is 1.32 bits per heavy atom. The molecule has 0 bridgehead atoms. The predicted octanol–water partition coefficient (Wildman–Crippen LogP) is 0.562. The van der Waals surface area contributed by atoms with Crippen molar-refractivity contribution in [1.82, 2.24) is 9.97 Å². The van der Waals surface area contributed by atoms with Crippen molar-refractivity contribution in [3.63, 3.8) is 0 Å². The van der Waals surface area contributed by atoms with E-state index in [1.54, 1.807) is 0 Å². The number of methoxy groups -OCH3 is 1. The molecule has 0 aromatic carbocycles. The third-order valence-corrected chi connectivity index (χ3v) is 3.33. The van der Waals surface area contributed by atoms with Gasteiger partial charge in [-0.25, -0.2) is 14.8 Å². The molecular formula is C12H17BN2O4. The zero-order chi connectivity index (χ0) is 18.5. The number of nitrogens with zero attached hydrogens (tertiary/aromatic N) is 2. The van der Waals surface area contributed by atoms with Gasteiger partial charge in [0.05, 0.1) is 25.1 Å². The minimum atomic E-state index is -2.96. The van der Waals surface area contributed by atoms with Gasteiger partial charge >= 0.3 is 13.1 Å². The van der Waals surface area contributed by atoms with Gasteiger partial charge in [0, 0.05) is 17.8 Å². The van der Waals surface area contributed by atoms with Gasteiger partial charge in [-0.3, -0.25) is 0 Å². The van der Waals surface area contributed by atoms with Crippen LogP contribution in [0.4, 0.5) is 0 Å². The summed E-state index contributed by atoms with van der Waals surface area (Å²) in [6, 6.07) is 0. The van der Waals surface area contributed by atoms with Crippen molar-refractivity contribution < 1.29 is 25.7 Å². The number of hydrogen-bond donors (Lipinski definition) is 0. The SMILES string of the molecule is [2H]c1nc(C(=O)OC([2H])([2H])[2H])nc([2H])c1B1OC(C)(C)C(C)(C)O1. The number of hydrogen-bond acceptors (Lipinski definition) is 6. The van der Waals surface area contributed by atoms with Gasteiger partial charge in [-0.2, -0.15) is 0 Å². The molecule has 6 nitrogen and oxygen atoms in total. The third-order valence-electron chi connectivity index (χ3n) is 3.33.